The molecule has 5 heteroatoms. The summed E-state index contributed by atoms with van der Waals surface area (Å²) in [6, 6.07) is 4.99. The number of carboxylic acids is 1. The number of hydrogen-bond donors (Lipinski definition) is 2. The Kier molecular flexibility index (Phi) is 3.21. The molecule has 5 nitrogen and oxygen atoms in total. The van der Waals surface area contributed by atoms with Crippen LogP contribution in [0.2, 0.25) is 0 Å². The number of nitrogens with two attached hydrogens (primary N) is 1. The summed E-state index contributed by atoms with van der Waals surface area (Å²) in [6.07, 6.45) is 0.876. The van der Waals surface area contributed by atoms with Crippen LogP contribution in [0.4, 0.5) is 0 Å². The minimum absolute atomic E-state index is 0.301. The third kappa shape index (κ3) is 2.20. The van der Waals surface area contributed by atoms with Crippen molar-refractivity contribution in [3.8, 4) is 0 Å². The SMILES string of the molecule is NC1Cc2c(C=O)cccc2C1OCC(=O)O. The van der Waals surface area contributed by atoms with E-state index in [0.717, 1.165) is 17.4 Å². The first-order valence-corrected chi connectivity index (χ1v) is 5.29. The summed E-state index contributed by atoms with van der Waals surface area (Å²) in [4.78, 5) is 21.3. The van der Waals surface area contributed by atoms with E-state index in [1.807, 2.05) is 6.07 Å². The third-order valence-corrected chi connectivity index (χ3v) is 2.90. The van der Waals surface area contributed by atoms with Crippen molar-refractivity contribution in [1.82, 2.24) is 0 Å². The molecule has 1 aromatic rings. The Balaban J connectivity index is 2.27. The van der Waals surface area contributed by atoms with Gasteiger partial charge in [-0.2, -0.15) is 0 Å². The van der Waals surface area contributed by atoms with Gasteiger partial charge in [0.15, 0.2) is 0 Å². The van der Waals surface area contributed by atoms with Gasteiger partial charge in [-0.3, -0.25) is 4.79 Å². The molecule has 90 valence electrons. The highest BCUT2D eigenvalue weighted by molar-refractivity contribution is 5.78. The van der Waals surface area contributed by atoms with Gasteiger partial charge in [0.1, 0.15) is 12.9 Å². The van der Waals surface area contributed by atoms with E-state index in [1.165, 1.54) is 0 Å². The number of ether oxygens (including phenoxy) is 1. The van der Waals surface area contributed by atoms with Crippen LogP contribution in [0.5, 0.6) is 0 Å². The number of aliphatic carboxylic acids is 1. The van der Waals surface area contributed by atoms with Crippen LogP contribution in [0.3, 0.4) is 0 Å². The molecule has 1 aromatic carbocycles. The molecule has 2 rings (SSSR count). The monoisotopic (exact) mass is 235 g/mol. The number of hydrogen-bond acceptors (Lipinski definition) is 4. The standard InChI is InChI=1S/C12H13NO4/c13-10-4-9-7(5-14)2-1-3-8(9)12(10)17-6-11(15)16/h1-3,5,10,12H,4,6,13H2,(H,15,16). The van der Waals surface area contributed by atoms with E-state index in [1.54, 1.807) is 12.1 Å². The fourth-order valence-electron chi connectivity index (χ4n) is 2.18. The number of carbonyl (C=O) groups is 2. The second kappa shape index (κ2) is 4.65. The van der Waals surface area contributed by atoms with Gasteiger partial charge in [-0.05, 0) is 17.5 Å². The first-order chi connectivity index (χ1) is 8.13. The largest absolute Gasteiger partial charge is 0.480 e. The average Bonchev–Trinajstić information content (AvgIpc) is 2.62. The fraction of sp³-hybridized carbons (Fsp3) is 0.333. The van der Waals surface area contributed by atoms with Crippen LogP contribution >= 0.6 is 0 Å². The number of benzene rings is 1. The van der Waals surface area contributed by atoms with E-state index in [0.29, 0.717) is 12.0 Å². The van der Waals surface area contributed by atoms with Crippen molar-refractivity contribution < 1.29 is 19.4 Å². The maximum absolute atomic E-state index is 10.9. The lowest BCUT2D eigenvalue weighted by Crippen LogP contribution is -2.28. The molecule has 0 bridgehead atoms. The van der Waals surface area contributed by atoms with Crippen LogP contribution in [0, 0.1) is 0 Å². The Morgan fingerprint density at radius 2 is 2.35 bits per heavy atom. The van der Waals surface area contributed by atoms with Crippen LogP contribution in [0.15, 0.2) is 18.2 Å². The number of fused-ring (bicyclic) bond motifs is 1. The topological polar surface area (TPSA) is 89.6 Å². The molecule has 3 N–H and O–H groups in total. The quantitative estimate of drug-likeness (QED) is 0.743. The zero-order chi connectivity index (χ0) is 12.4. The second-order valence-electron chi connectivity index (χ2n) is 4.03. The van der Waals surface area contributed by atoms with E-state index in [-0.39, 0.29) is 12.6 Å². The number of carbonyl (C=O) groups excluding carboxylic acids is 1. The van der Waals surface area contributed by atoms with Gasteiger partial charge in [0.25, 0.3) is 0 Å². The van der Waals surface area contributed by atoms with Crippen molar-refractivity contribution in [3.63, 3.8) is 0 Å². The molecule has 0 fully saturated rings. The molecule has 0 saturated heterocycles. The van der Waals surface area contributed by atoms with E-state index >= 15 is 0 Å². The summed E-state index contributed by atoms with van der Waals surface area (Å²) in [5.41, 5.74) is 8.19. The average molecular weight is 235 g/mol. The molecule has 0 heterocycles. The van der Waals surface area contributed by atoms with E-state index < -0.39 is 12.1 Å². The van der Waals surface area contributed by atoms with Gasteiger partial charge in [-0.25, -0.2) is 4.79 Å². The van der Waals surface area contributed by atoms with Gasteiger partial charge in [-0.1, -0.05) is 18.2 Å². The molecule has 0 aromatic heterocycles. The molecule has 0 spiro atoms. The van der Waals surface area contributed by atoms with Crippen molar-refractivity contribution in [2.24, 2.45) is 5.73 Å². The minimum atomic E-state index is -1.03. The fourth-order valence-corrected chi connectivity index (χ4v) is 2.18. The molecular weight excluding hydrogens is 222 g/mol. The molecule has 0 saturated carbocycles. The maximum Gasteiger partial charge on any atom is 0.329 e. The van der Waals surface area contributed by atoms with Crippen LogP contribution in [0.1, 0.15) is 27.6 Å². The molecule has 2 atom stereocenters. The molecular formula is C12H13NO4. The highest BCUT2D eigenvalue weighted by Crippen LogP contribution is 2.34. The van der Waals surface area contributed by atoms with Gasteiger partial charge >= 0.3 is 5.97 Å². The zero-order valence-corrected chi connectivity index (χ0v) is 9.13. The van der Waals surface area contributed by atoms with Gasteiger partial charge < -0.3 is 15.6 Å². The van der Waals surface area contributed by atoms with Crippen LogP contribution in [-0.2, 0) is 16.0 Å². The van der Waals surface area contributed by atoms with Crippen molar-refractivity contribution in [3.05, 3.63) is 34.9 Å². The zero-order valence-electron chi connectivity index (χ0n) is 9.13. The number of rotatable bonds is 4. The summed E-state index contributed by atoms with van der Waals surface area (Å²) >= 11 is 0. The second-order valence-corrected chi connectivity index (χ2v) is 4.03. The Morgan fingerprint density at radius 3 is 3.00 bits per heavy atom. The lowest BCUT2D eigenvalue weighted by atomic mass is 10.0. The molecule has 2 unspecified atom stereocenters. The van der Waals surface area contributed by atoms with Crippen LogP contribution in [-0.4, -0.2) is 30.0 Å². The van der Waals surface area contributed by atoms with Crippen LogP contribution < -0.4 is 5.73 Å². The smallest absolute Gasteiger partial charge is 0.329 e. The minimum Gasteiger partial charge on any atom is -0.480 e. The van der Waals surface area contributed by atoms with E-state index in [9.17, 15) is 9.59 Å². The summed E-state index contributed by atoms with van der Waals surface area (Å²) in [7, 11) is 0. The van der Waals surface area contributed by atoms with Crippen LogP contribution in [0.25, 0.3) is 0 Å². The molecule has 1 aliphatic carbocycles. The van der Waals surface area contributed by atoms with Crippen molar-refractivity contribution in [2.75, 3.05) is 6.61 Å². The summed E-state index contributed by atoms with van der Waals surface area (Å²) in [6.45, 7) is -0.386. The van der Waals surface area contributed by atoms with Gasteiger partial charge in [0.2, 0.25) is 0 Å². The normalized spacial score (nSPS) is 22.2. The first-order valence-electron chi connectivity index (χ1n) is 5.29. The van der Waals surface area contributed by atoms with Gasteiger partial charge in [0.05, 0.1) is 6.10 Å². The summed E-state index contributed by atoms with van der Waals surface area (Å²) < 4.78 is 5.26. The van der Waals surface area contributed by atoms with E-state index in [4.69, 9.17) is 15.6 Å². The Bertz CT molecular complexity index is 458. The maximum atomic E-state index is 10.9. The van der Waals surface area contributed by atoms with Gasteiger partial charge in [-0.15, -0.1) is 0 Å². The van der Waals surface area contributed by atoms with Gasteiger partial charge in [0, 0.05) is 11.6 Å². The third-order valence-electron chi connectivity index (χ3n) is 2.90. The number of carboxylic acid groups (broad SMARTS) is 1. The van der Waals surface area contributed by atoms with E-state index in [2.05, 4.69) is 0 Å². The number of aldehydes is 1. The Morgan fingerprint density at radius 1 is 1.59 bits per heavy atom. The molecule has 17 heavy (non-hydrogen) atoms. The first kappa shape index (κ1) is 11.8. The molecule has 1 aliphatic rings. The van der Waals surface area contributed by atoms with Crippen molar-refractivity contribution in [1.29, 1.82) is 0 Å². The summed E-state index contributed by atoms with van der Waals surface area (Å²) in [5, 5.41) is 8.59. The van der Waals surface area contributed by atoms with Crippen molar-refractivity contribution in [2.45, 2.75) is 18.6 Å². The predicted octanol–water partition coefficient (Wildman–Crippen LogP) is 0.525. The molecule has 0 amide bonds. The molecule has 0 radical (unpaired) electrons. The predicted molar refractivity (Wildman–Crippen MR) is 59.8 cm³/mol. The molecule has 0 aliphatic heterocycles. The Hall–Kier alpha value is -1.72. The van der Waals surface area contributed by atoms with Crippen molar-refractivity contribution >= 4 is 12.3 Å². The lowest BCUT2D eigenvalue weighted by molar-refractivity contribution is -0.144. The highest BCUT2D eigenvalue weighted by Gasteiger charge is 2.32. The lowest BCUT2D eigenvalue weighted by Gasteiger charge is -2.16. The summed E-state index contributed by atoms with van der Waals surface area (Å²) in [5.74, 6) is -1.03. The Labute approximate surface area is 98.2 Å². The highest BCUT2D eigenvalue weighted by atomic mass is 16.5.